The van der Waals surface area contributed by atoms with E-state index in [4.69, 9.17) is 0 Å². The number of alkyl halides is 2. The number of benzene rings is 1. The molecule has 0 aliphatic carbocycles. The van der Waals surface area contributed by atoms with E-state index in [2.05, 4.69) is 5.32 Å². The molecule has 2 N–H and O–H groups in total. The van der Waals surface area contributed by atoms with Gasteiger partial charge in [0.1, 0.15) is 0 Å². The molecule has 102 valence electrons. The van der Waals surface area contributed by atoms with E-state index in [-0.39, 0.29) is 11.7 Å². The van der Waals surface area contributed by atoms with Crippen LogP contribution in [-0.4, -0.2) is 20.2 Å². The summed E-state index contributed by atoms with van der Waals surface area (Å²) in [4.78, 5) is 0. The molecule has 0 fully saturated rings. The highest BCUT2D eigenvalue weighted by Gasteiger charge is 2.23. The lowest BCUT2D eigenvalue weighted by molar-refractivity contribution is 0.236. The molecule has 0 spiro atoms. The zero-order valence-corrected chi connectivity index (χ0v) is 11.0. The molecule has 0 unspecified atom stereocenters. The Morgan fingerprint density at radius 3 is 2.50 bits per heavy atom. The van der Waals surface area contributed by atoms with E-state index < -0.39 is 15.8 Å². The van der Waals surface area contributed by atoms with Crippen molar-refractivity contribution in [3.05, 3.63) is 29.8 Å². The van der Waals surface area contributed by atoms with E-state index in [1.54, 1.807) is 12.1 Å². The van der Waals surface area contributed by atoms with Crippen molar-refractivity contribution in [1.29, 1.82) is 0 Å². The van der Waals surface area contributed by atoms with Gasteiger partial charge >= 0.3 is 5.76 Å². The normalized spacial score (nSPS) is 12.1. The molecule has 1 aromatic carbocycles. The molecule has 1 aromatic rings. The highest BCUT2D eigenvalue weighted by atomic mass is 32.2. The van der Waals surface area contributed by atoms with Crippen LogP contribution in [-0.2, 0) is 16.6 Å². The van der Waals surface area contributed by atoms with E-state index in [0.29, 0.717) is 6.54 Å². The maximum Gasteiger partial charge on any atom is 0.355 e. The summed E-state index contributed by atoms with van der Waals surface area (Å²) >= 11 is 0. The Labute approximate surface area is 105 Å². The summed E-state index contributed by atoms with van der Waals surface area (Å²) in [5, 5.41) is 3.15. The SMILES string of the molecule is CC(C)NCc1cccc(NS(=O)(=O)C(F)F)c1. The molecule has 0 aliphatic heterocycles. The molecule has 0 saturated heterocycles. The predicted octanol–water partition coefficient (Wildman–Crippen LogP) is 2.15. The molecule has 0 heterocycles. The van der Waals surface area contributed by atoms with Gasteiger partial charge in [-0.1, -0.05) is 26.0 Å². The van der Waals surface area contributed by atoms with Crippen molar-refractivity contribution in [2.75, 3.05) is 4.72 Å². The fourth-order valence-electron chi connectivity index (χ4n) is 1.28. The second-order valence-electron chi connectivity index (χ2n) is 4.14. The first-order valence-electron chi connectivity index (χ1n) is 5.43. The first-order chi connectivity index (χ1) is 8.31. The van der Waals surface area contributed by atoms with Crippen LogP contribution < -0.4 is 10.0 Å². The van der Waals surface area contributed by atoms with Gasteiger partial charge in [0.2, 0.25) is 0 Å². The molecule has 0 amide bonds. The molecule has 0 aromatic heterocycles. The molecule has 4 nitrogen and oxygen atoms in total. The van der Waals surface area contributed by atoms with E-state index >= 15 is 0 Å². The first kappa shape index (κ1) is 14.8. The van der Waals surface area contributed by atoms with Crippen molar-refractivity contribution in [3.8, 4) is 0 Å². The van der Waals surface area contributed by atoms with E-state index in [1.165, 1.54) is 12.1 Å². The Bertz CT molecular complexity index is 490. The monoisotopic (exact) mass is 278 g/mol. The molecule has 0 radical (unpaired) electrons. The Balaban J connectivity index is 2.77. The summed E-state index contributed by atoms with van der Waals surface area (Å²) in [6.07, 6.45) is 0. The topological polar surface area (TPSA) is 58.2 Å². The third-order valence-electron chi connectivity index (χ3n) is 2.14. The molecule has 0 aliphatic rings. The number of hydrogen-bond acceptors (Lipinski definition) is 3. The van der Waals surface area contributed by atoms with Crippen LogP contribution in [0.25, 0.3) is 0 Å². The summed E-state index contributed by atoms with van der Waals surface area (Å²) in [7, 11) is -4.60. The quantitative estimate of drug-likeness (QED) is 0.838. The summed E-state index contributed by atoms with van der Waals surface area (Å²) in [6, 6.07) is 6.64. The average molecular weight is 278 g/mol. The highest BCUT2D eigenvalue weighted by molar-refractivity contribution is 7.93. The van der Waals surface area contributed by atoms with Crippen LogP contribution in [0.4, 0.5) is 14.5 Å². The zero-order valence-electron chi connectivity index (χ0n) is 10.2. The Hall–Kier alpha value is -1.21. The van der Waals surface area contributed by atoms with Gasteiger partial charge in [-0.15, -0.1) is 0 Å². The number of anilines is 1. The van der Waals surface area contributed by atoms with Crippen molar-refractivity contribution in [1.82, 2.24) is 5.32 Å². The lowest BCUT2D eigenvalue weighted by Crippen LogP contribution is -2.22. The lowest BCUT2D eigenvalue weighted by Gasteiger charge is -2.10. The first-order valence-corrected chi connectivity index (χ1v) is 6.98. The molecule has 18 heavy (non-hydrogen) atoms. The van der Waals surface area contributed by atoms with Gasteiger partial charge in [-0.05, 0) is 17.7 Å². The molecule has 0 saturated carbocycles. The zero-order chi connectivity index (χ0) is 13.8. The molecule has 0 bridgehead atoms. The van der Waals surface area contributed by atoms with Crippen molar-refractivity contribution in [2.45, 2.75) is 32.2 Å². The van der Waals surface area contributed by atoms with Gasteiger partial charge < -0.3 is 5.32 Å². The Kier molecular flexibility index (Phi) is 5.03. The summed E-state index contributed by atoms with van der Waals surface area (Å²) < 4.78 is 48.2. The largest absolute Gasteiger partial charge is 0.355 e. The van der Waals surface area contributed by atoms with Gasteiger partial charge in [0, 0.05) is 18.3 Å². The average Bonchev–Trinajstić information content (AvgIpc) is 2.26. The number of hydrogen-bond donors (Lipinski definition) is 2. The second-order valence-corrected chi connectivity index (χ2v) is 5.79. The maximum absolute atomic E-state index is 12.2. The van der Waals surface area contributed by atoms with Crippen molar-refractivity contribution in [2.24, 2.45) is 0 Å². The molecule has 0 atom stereocenters. The van der Waals surface area contributed by atoms with Crippen LogP contribution in [0.1, 0.15) is 19.4 Å². The lowest BCUT2D eigenvalue weighted by atomic mass is 10.2. The van der Waals surface area contributed by atoms with Crippen LogP contribution in [0.2, 0.25) is 0 Å². The third-order valence-corrected chi connectivity index (χ3v) is 3.13. The molecule has 7 heteroatoms. The van der Waals surface area contributed by atoms with Crippen molar-refractivity contribution < 1.29 is 17.2 Å². The van der Waals surface area contributed by atoms with E-state index in [0.717, 1.165) is 5.56 Å². The predicted molar refractivity (Wildman–Crippen MR) is 67.0 cm³/mol. The van der Waals surface area contributed by atoms with Crippen LogP contribution in [0.3, 0.4) is 0 Å². The minimum absolute atomic E-state index is 0.137. The van der Waals surface area contributed by atoms with E-state index in [9.17, 15) is 17.2 Å². The second kappa shape index (κ2) is 6.10. The fraction of sp³-hybridized carbons (Fsp3) is 0.455. The van der Waals surface area contributed by atoms with Crippen molar-refractivity contribution >= 4 is 15.7 Å². The van der Waals surface area contributed by atoms with Gasteiger partial charge in [-0.25, -0.2) is 8.42 Å². The van der Waals surface area contributed by atoms with Gasteiger partial charge in [0.05, 0.1) is 0 Å². The van der Waals surface area contributed by atoms with Crippen LogP contribution in [0, 0.1) is 0 Å². The van der Waals surface area contributed by atoms with Crippen LogP contribution >= 0.6 is 0 Å². The number of rotatable bonds is 6. The maximum atomic E-state index is 12.2. The van der Waals surface area contributed by atoms with Crippen LogP contribution in [0.15, 0.2) is 24.3 Å². The van der Waals surface area contributed by atoms with Gasteiger partial charge in [-0.3, -0.25) is 4.72 Å². The Morgan fingerprint density at radius 2 is 1.94 bits per heavy atom. The van der Waals surface area contributed by atoms with Crippen molar-refractivity contribution in [3.63, 3.8) is 0 Å². The molecular weight excluding hydrogens is 262 g/mol. The van der Waals surface area contributed by atoms with Gasteiger partial charge in [0.15, 0.2) is 0 Å². The standard InChI is InChI=1S/C11H16F2N2O2S/c1-8(2)14-7-9-4-3-5-10(6-9)15-18(16,17)11(12)13/h3-6,8,11,14-15H,7H2,1-2H3. The summed E-state index contributed by atoms with van der Waals surface area (Å²) in [5.41, 5.74) is 0.955. The molecule has 1 rings (SSSR count). The van der Waals surface area contributed by atoms with Crippen LogP contribution in [0.5, 0.6) is 0 Å². The number of sulfonamides is 1. The van der Waals surface area contributed by atoms with Gasteiger partial charge in [-0.2, -0.15) is 8.78 Å². The fourth-order valence-corrected chi connectivity index (χ4v) is 1.82. The number of halogens is 2. The Morgan fingerprint density at radius 1 is 1.28 bits per heavy atom. The summed E-state index contributed by atoms with van der Waals surface area (Å²) in [6.45, 7) is 4.49. The minimum Gasteiger partial charge on any atom is -0.310 e. The number of nitrogens with one attached hydrogen (secondary N) is 2. The smallest absolute Gasteiger partial charge is 0.310 e. The summed E-state index contributed by atoms with van der Waals surface area (Å²) in [5.74, 6) is -3.44. The van der Waals surface area contributed by atoms with Gasteiger partial charge in [0.25, 0.3) is 10.0 Å². The highest BCUT2D eigenvalue weighted by Crippen LogP contribution is 2.15. The molecular formula is C11H16F2N2O2S. The third kappa shape index (κ3) is 4.58. The minimum atomic E-state index is -4.60. The van der Waals surface area contributed by atoms with E-state index in [1.807, 2.05) is 18.6 Å².